The number of halogens is 3. The largest absolute Gasteiger partial charge is 0.483 e. The van der Waals surface area contributed by atoms with E-state index in [1.165, 1.54) is 12.3 Å². The average Bonchev–Trinajstić information content (AvgIpc) is 3.38. The first-order valence-electron chi connectivity index (χ1n) is 9.34. The van der Waals surface area contributed by atoms with Gasteiger partial charge in [0.05, 0.1) is 17.9 Å². The predicted octanol–water partition coefficient (Wildman–Crippen LogP) is 4.48. The topological polar surface area (TPSA) is 67.0 Å². The summed E-state index contributed by atoms with van der Waals surface area (Å²) in [5.41, 5.74) is 2.67. The van der Waals surface area contributed by atoms with Crippen molar-refractivity contribution in [1.29, 1.82) is 0 Å². The third-order valence-electron chi connectivity index (χ3n) is 5.04. The van der Waals surface area contributed by atoms with E-state index in [4.69, 9.17) is 0 Å². The second-order valence-electron chi connectivity index (χ2n) is 7.31. The smallest absolute Gasteiger partial charge is 0.422 e. The van der Waals surface area contributed by atoms with E-state index in [0.717, 1.165) is 23.0 Å². The van der Waals surface area contributed by atoms with Gasteiger partial charge in [-0.05, 0) is 43.0 Å². The minimum Gasteiger partial charge on any atom is -0.483 e. The summed E-state index contributed by atoms with van der Waals surface area (Å²) in [6, 6.07) is 12.7. The molecule has 2 heterocycles. The van der Waals surface area contributed by atoms with E-state index in [0.29, 0.717) is 5.69 Å². The number of carbonyl (C=O) groups excluding carboxylic acids is 1. The van der Waals surface area contributed by atoms with Crippen molar-refractivity contribution in [3.63, 3.8) is 0 Å². The number of rotatable bonds is 6. The summed E-state index contributed by atoms with van der Waals surface area (Å²) in [4.78, 5) is 20.0. The first-order chi connectivity index (χ1) is 13.8. The Kier molecular flexibility index (Phi) is 4.94. The van der Waals surface area contributed by atoms with E-state index in [9.17, 15) is 18.0 Å². The molecule has 1 aromatic carbocycles. The van der Waals surface area contributed by atoms with Crippen molar-refractivity contribution in [2.75, 3.05) is 6.61 Å². The summed E-state index contributed by atoms with van der Waals surface area (Å²) < 4.78 is 41.2. The number of fused-ring (bicyclic) bond motifs is 1. The van der Waals surface area contributed by atoms with Crippen LogP contribution in [0.15, 0.2) is 48.7 Å². The Hall–Kier alpha value is -3.03. The van der Waals surface area contributed by atoms with Crippen LogP contribution in [-0.4, -0.2) is 28.7 Å². The molecule has 8 heteroatoms. The molecule has 2 N–H and O–H groups in total. The van der Waals surface area contributed by atoms with Gasteiger partial charge in [0.2, 0.25) is 5.91 Å². The van der Waals surface area contributed by atoms with Crippen LogP contribution in [0, 0.1) is 5.92 Å². The summed E-state index contributed by atoms with van der Waals surface area (Å²) in [6.45, 7) is 0.425. The summed E-state index contributed by atoms with van der Waals surface area (Å²) in [6.07, 6.45) is -2.39. The molecule has 3 atom stereocenters. The molecule has 29 heavy (non-hydrogen) atoms. The SMILES string of the molecule is C[C@@H](NC(=O)[C@@H]1C[C@H]1c1cc2ccccc2[nH]1)c1ccc(OCC(F)(F)F)cn1. The normalized spacial score (nSPS) is 19.7. The maximum Gasteiger partial charge on any atom is 0.422 e. The lowest BCUT2D eigenvalue weighted by molar-refractivity contribution is -0.153. The third-order valence-corrected chi connectivity index (χ3v) is 5.04. The van der Waals surface area contributed by atoms with Gasteiger partial charge >= 0.3 is 6.18 Å². The van der Waals surface area contributed by atoms with Crippen LogP contribution in [0.4, 0.5) is 13.2 Å². The molecule has 1 amide bonds. The highest BCUT2D eigenvalue weighted by molar-refractivity contribution is 5.85. The summed E-state index contributed by atoms with van der Waals surface area (Å²) in [5, 5.41) is 4.06. The maximum absolute atomic E-state index is 12.6. The Labute approximate surface area is 165 Å². The Balaban J connectivity index is 1.33. The Morgan fingerprint density at radius 2 is 2.10 bits per heavy atom. The number of nitrogens with one attached hydrogen (secondary N) is 2. The van der Waals surface area contributed by atoms with Crippen LogP contribution >= 0.6 is 0 Å². The predicted molar refractivity (Wildman–Crippen MR) is 101 cm³/mol. The zero-order valence-corrected chi connectivity index (χ0v) is 15.7. The van der Waals surface area contributed by atoms with E-state index < -0.39 is 12.8 Å². The molecule has 0 unspecified atom stereocenters. The Morgan fingerprint density at radius 1 is 1.31 bits per heavy atom. The molecule has 2 aromatic heterocycles. The molecular formula is C21H20F3N3O2. The first kappa shape index (κ1) is 19.3. The summed E-state index contributed by atoms with van der Waals surface area (Å²) >= 11 is 0. The number of nitrogens with zero attached hydrogens (tertiary/aromatic N) is 1. The number of aromatic amines is 1. The van der Waals surface area contributed by atoms with Gasteiger partial charge in [0.15, 0.2) is 6.61 Å². The number of amides is 1. The van der Waals surface area contributed by atoms with Gasteiger partial charge in [-0.1, -0.05) is 18.2 Å². The first-order valence-corrected chi connectivity index (χ1v) is 9.34. The van der Waals surface area contributed by atoms with Gasteiger partial charge in [0, 0.05) is 23.0 Å². The van der Waals surface area contributed by atoms with Gasteiger partial charge < -0.3 is 15.0 Å². The van der Waals surface area contributed by atoms with Crippen molar-refractivity contribution in [2.45, 2.75) is 31.5 Å². The number of pyridine rings is 1. The van der Waals surface area contributed by atoms with Gasteiger partial charge in [-0.15, -0.1) is 0 Å². The summed E-state index contributed by atoms with van der Waals surface area (Å²) in [5.74, 6) is 0.0478. The van der Waals surface area contributed by atoms with E-state index in [1.807, 2.05) is 24.3 Å². The molecule has 0 saturated heterocycles. The molecule has 1 aliphatic rings. The van der Waals surface area contributed by atoms with Crippen molar-refractivity contribution in [3.8, 4) is 5.75 Å². The van der Waals surface area contributed by atoms with Crippen LogP contribution in [0.5, 0.6) is 5.75 Å². The highest BCUT2D eigenvalue weighted by Crippen LogP contribution is 2.48. The molecule has 1 fully saturated rings. The Morgan fingerprint density at radius 3 is 2.79 bits per heavy atom. The molecule has 0 bridgehead atoms. The minimum absolute atomic E-state index is 0.0330. The average molecular weight is 403 g/mol. The fourth-order valence-electron chi connectivity index (χ4n) is 3.42. The minimum atomic E-state index is -4.40. The third kappa shape index (κ3) is 4.52. The zero-order chi connectivity index (χ0) is 20.6. The number of H-pyrrole nitrogens is 1. The van der Waals surface area contributed by atoms with Crippen LogP contribution in [0.3, 0.4) is 0 Å². The van der Waals surface area contributed by atoms with Crippen molar-refractivity contribution in [3.05, 3.63) is 60.0 Å². The fourth-order valence-corrected chi connectivity index (χ4v) is 3.42. The van der Waals surface area contributed by atoms with Gasteiger partial charge in [-0.25, -0.2) is 0 Å². The van der Waals surface area contributed by atoms with E-state index >= 15 is 0 Å². The number of hydrogen-bond donors (Lipinski definition) is 2. The molecule has 0 aliphatic heterocycles. The second-order valence-corrected chi connectivity index (χ2v) is 7.31. The lowest BCUT2D eigenvalue weighted by Crippen LogP contribution is -2.29. The molecule has 4 rings (SSSR count). The highest BCUT2D eigenvalue weighted by Gasteiger charge is 2.45. The van der Waals surface area contributed by atoms with Crippen LogP contribution in [0.2, 0.25) is 0 Å². The van der Waals surface area contributed by atoms with Gasteiger partial charge in [-0.3, -0.25) is 9.78 Å². The molecule has 152 valence electrons. The van der Waals surface area contributed by atoms with Crippen molar-refractivity contribution >= 4 is 16.8 Å². The number of benzene rings is 1. The Bertz CT molecular complexity index is 981. The molecular weight excluding hydrogens is 383 g/mol. The zero-order valence-electron chi connectivity index (χ0n) is 15.7. The number of para-hydroxylation sites is 1. The van der Waals surface area contributed by atoms with Crippen molar-refractivity contribution < 1.29 is 22.7 Å². The molecule has 5 nitrogen and oxygen atoms in total. The number of ether oxygens (including phenoxy) is 1. The van der Waals surface area contributed by atoms with Crippen LogP contribution in [0.25, 0.3) is 10.9 Å². The van der Waals surface area contributed by atoms with Gasteiger partial charge in [0.25, 0.3) is 0 Å². The molecule has 1 saturated carbocycles. The number of hydrogen-bond acceptors (Lipinski definition) is 3. The molecule has 1 aliphatic carbocycles. The van der Waals surface area contributed by atoms with Gasteiger partial charge in [-0.2, -0.15) is 13.2 Å². The lowest BCUT2D eigenvalue weighted by Gasteiger charge is -2.14. The number of carbonyl (C=O) groups is 1. The molecule has 0 radical (unpaired) electrons. The number of aromatic nitrogens is 2. The van der Waals surface area contributed by atoms with Crippen molar-refractivity contribution in [1.82, 2.24) is 15.3 Å². The van der Waals surface area contributed by atoms with E-state index in [-0.39, 0.29) is 29.5 Å². The standard InChI is InChI=1S/C21H20F3N3O2/c1-12(17-7-6-14(10-25-17)29-11-21(22,23)24)26-20(28)16-9-15(16)19-8-13-4-2-3-5-18(13)27-19/h2-8,10,12,15-16,27H,9,11H2,1H3,(H,26,28)/t12-,15-,16-/m1/s1. The quantitative estimate of drug-likeness (QED) is 0.638. The number of alkyl halides is 3. The van der Waals surface area contributed by atoms with Crippen LogP contribution < -0.4 is 10.1 Å². The van der Waals surface area contributed by atoms with E-state index in [1.54, 1.807) is 13.0 Å². The second kappa shape index (κ2) is 7.42. The van der Waals surface area contributed by atoms with Crippen LogP contribution in [-0.2, 0) is 4.79 Å². The maximum atomic E-state index is 12.6. The van der Waals surface area contributed by atoms with E-state index in [2.05, 4.69) is 26.1 Å². The van der Waals surface area contributed by atoms with Gasteiger partial charge in [0.1, 0.15) is 5.75 Å². The molecule has 0 spiro atoms. The highest BCUT2D eigenvalue weighted by atomic mass is 19.4. The monoisotopic (exact) mass is 403 g/mol. The van der Waals surface area contributed by atoms with Crippen LogP contribution in [0.1, 0.15) is 36.7 Å². The molecule has 3 aromatic rings. The van der Waals surface area contributed by atoms with Crippen molar-refractivity contribution in [2.24, 2.45) is 5.92 Å². The fraction of sp³-hybridized carbons (Fsp3) is 0.333. The summed E-state index contributed by atoms with van der Waals surface area (Å²) in [7, 11) is 0. The lowest BCUT2D eigenvalue weighted by atomic mass is 10.1.